The fraction of sp³-hybridized carbons (Fsp3) is 0.385. The highest BCUT2D eigenvalue weighted by Crippen LogP contribution is 2.27. The molecular weight excluding hydrogens is 308 g/mol. The molecule has 2 heterocycles. The van der Waals surface area contributed by atoms with Crippen LogP contribution in [0.15, 0.2) is 18.2 Å². The molecule has 0 bridgehead atoms. The van der Waals surface area contributed by atoms with Gasteiger partial charge < -0.3 is 11.1 Å². The van der Waals surface area contributed by atoms with Crippen molar-refractivity contribution in [2.45, 2.75) is 0 Å². The number of thiazole rings is 1. The number of rotatable bonds is 3. The minimum atomic E-state index is -0.722. The van der Waals surface area contributed by atoms with E-state index in [1.54, 1.807) is 6.07 Å². The molecule has 1 aliphatic rings. The summed E-state index contributed by atoms with van der Waals surface area (Å²) in [6.07, 6.45) is 0. The molecule has 0 atom stereocenters. The van der Waals surface area contributed by atoms with Gasteiger partial charge in [-0.05, 0) is 18.2 Å². The van der Waals surface area contributed by atoms with Crippen molar-refractivity contribution in [3.8, 4) is 0 Å². The number of hydrogen-bond donors (Lipinski definition) is 2. The summed E-state index contributed by atoms with van der Waals surface area (Å²) in [7, 11) is -0.722. The zero-order valence-corrected chi connectivity index (χ0v) is 13.0. The van der Waals surface area contributed by atoms with E-state index < -0.39 is 10.8 Å². The number of carbonyl (C=O) groups excluding carboxylic acids is 1. The molecule has 2 aromatic rings. The smallest absolute Gasteiger partial charge is 0.240 e. The Morgan fingerprint density at radius 2 is 2.19 bits per heavy atom. The highest BCUT2D eigenvalue weighted by Gasteiger charge is 2.18. The molecule has 0 unspecified atom stereocenters. The van der Waals surface area contributed by atoms with Crippen LogP contribution in [0.5, 0.6) is 0 Å². The number of amides is 1. The number of nitrogens with one attached hydrogen (secondary N) is 1. The molecule has 1 fully saturated rings. The van der Waals surface area contributed by atoms with Crippen molar-refractivity contribution in [2.24, 2.45) is 0 Å². The van der Waals surface area contributed by atoms with Gasteiger partial charge in [-0.3, -0.25) is 13.9 Å². The first-order valence-electron chi connectivity index (χ1n) is 6.63. The van der Waals surface area contributed by atoms with Crippen molar-refractivity contribution < 1.29 is 9.00 Å². The predicted octanol–water partition coefficient (Wildman–Crippen LogP) is 0.881. The Morgan fingerprint density at radius 1 is 1.43 bits per heavy atom. The van der Waals surface area contributed by atoms with Gasteiger partial charge >= 0.3 is 0 Å². The Kier molecular flexibility index (Phi) is 4.18. The van der Waals surface area contributed by atoms with Gasteiger partial charge in [0.15, 0.2) is 5.13 Å². The largest absolute Gasteiger partial charge is 0.399 e. The van der Waals surface area contributed by atoms with Crippen LogP contribution in [-0.2, 0) is 15.6 Å². The minimum absolute atomic E-state index is 0.0882. The summed E-state index contributed by atoms with van der Waals surface area (Å²) in [6.45, 7) is 1.72. The quantitative estimate of drug-likeness (QED) is 0.818. The molecule has 1 amide bonds. The van der Waals surface area contributed by atoms with Crippen LogP contribution in [-0.4, -0.2) is 51.1 Å². The Balaban J connectivity index is 1.62. The molecule has 0 spiro atoms. The van der Waals surface area contributed by atoms with Crippen LogP contribution in [0, 0.1) is 0 Å². The van der Waals surface area contributed by atoms with Crippen molar-refractivity contribution in [2.75, 3.05) is 42.2 Å². The van der Waals surface area contributed by atoms with Gasteiger partial charge in [-0.2, -0.15) is 0 Å². The highest BCUT2D eigenvalue weighted by atomic mass is 32.2. The standard InChI is InChI=1S/C13H16N4O2S2/c14-9-1-2-10-11(7-9)20-13(15-10)16-12(18)8-17-3-5-21(19)6-4-17/h1-2,7H,3-6,8,14H2,(H,15,16,18). The molecule has 0 radical (unpaired) electrons. The number of nitrogens with zero attached hydrogens (tertiary/aromatic N) is 2. The van der Waals surface area contributed by atoms with E-state index in [1.807, 2.05) is 17.0 Å². The first-order chi connectivity index (χ1) is 10.1. The van der Waals surface area contributed by atoms with E-state index in [0.717, 1.165) is 10.2 Å². The summed E-state index contributed by atoms with van der Waals surface area (Å²) in [6, 6.07) is 5.49. The molecule has 1 aromatic heterocycles. The summed E-state index contributed by atoms with van der Waals surface area (Å²) in [5.41, 5.74) is 7.25. The average molecular weight is 324 g/mol. The lowest BCUT2D eigenvalue weighted by atomic mass is 10.3. The summed E-state index contributed by atoms with van der Waals surface area (Å²) < 4.78 is 12.2. The van der Waals surface area contributed by atoms with Crippen LogP contribution in [0.1, 0.15) is 0 Å². The summed E-state index contributed by atoms with van der Waals surface area (Å²) in [5.74, 6) is 1.20. The lowest BCUT2D eigenvalue weighted by Gasteiger charge is -2.24. The van der Waals surface area contributed by atoms with Crippen molar-refractivity contribution in [1.82, 2.24) is 9.88 Å². The molecule has 1 saturated heterocycles. The van der Waals surface area contributed by atoms with E-state index >= 15 is 0 Å². The third-order valence-corrected chi connectivity index (χ3v) is 5.51. The molecular formula is C13H16N4O2S2. The average Bonchev–Trinajstić information content (AvgIpc) is 2.82. The van der Waals surface area contributed by atoms with E-state index in [1.165, 1.54) is 11.3 Å². The molecule has 3 rings (SSSR count). The van der Waals surface area contributed by atoms with E-state index in [2.05, 4.69) is 10.3 Å². The number of anilines is 2. The van der Waals surface area contributed by atoms with E-state index in [-0.39, 0.29) is 5.91 Å². The number of nitrogens with two attached hydrogens (primary N) is 1. The van der Waals surface area contributed by atoms with Gasteiger partial charge in [-0.25, -0.2) is 4.98 Å². The molecule has 1 aliphatic heterocycles. The topological polar surface area (TPSA) is 88.3 Å². The predicted molar refractivity (Wildman–Crippen MR) is 87.0 cm³/mol. The molecule has 6 nitrogen and oxygen atoms in total. The SMILES string of the molecule is Nc1ccc2nc(NC(=O)CN3CCS(=O)CC3)sc2c1. The number of nitrogen functional groups attached to an aromatic ring is 1. The Bertz CT molecular complexity index is 691. The molecule has 3 N–H and O–H groups in total. The number of aromatic nitrogens is 1. The van der Waals surface area contributed by atoms with Gasteiger partial charge in [0.05, 0.1) is 16.8 Å². The maximum Gasteiger partial charge on any atom is 0.240 e. The van der Waals surface area contributed by atoms with Gasteiger partial charge in [-0.15, -0.1) is 0 Å². The van der Waals surface area contributed by atoms with E-state index in [0.29, 0.717) is 42.0 Å². The summed E-state index contributed by atoms with van der Waals surface area (Å²) >= 11 is 1.41. The van der Waals surface area contributed by atoms with Crippen LogP contribution >= 0.6 is 11.3 Å². The maximum absolute atomic E-state index is 12.0. The van der Waals surface area contributed by atoms with Crippen LogP contribution < -0.4 is 11.1 Å². The van der Waals surface area contributed by atoms with E-state index in [9.17, 15) is 9.00 Å². The Hall–Kier alpha value is -1.51. The van der Waals surface area contributed by atoms with Crippen molar-refractivity contribution in [1.29, 1.82) is 0 Å². The van der Waals surface area contributed by atoms with Gasteiger partial charge in [0.25, 0.3) is 0 Å². The van der Waals surface area contributed by atoms with E-state index in [4.69, 9.17) is 5.73 Å². The molecule has 0 saturated carbocycles. The second kappa shape index (κ2) is 6.08. The zero-order chi connectivity index (χ0) is 14.8. The second-order valence-corrected chi connectivity index (χ2v) is 7.65. The van der Waals surface area contributed by atoms with Gasteiger partial charge in [0.1, 0.15) is 0 Å². The lowest BCUT2D eigenvalue weighted by molar-refractivity contribution is -0.117. The Labute approximate surface area is 128 Å². The molecule has 1 aromatic carbocycles. The lowest BCUT2D eigenvalue weighted by Crippen LogP contribution is -2.42. The number of benzene rings is 1. The molecule has 21 heavy (non-hydrogen) atoms. The normalized spacial score (nSPS) is 17.1. The van der Waals surface area contributed by atoms with Crippen LogP contribution in [0.3, 0.4) is 0 Å². The number of fused-ring (bicyclic) bond motifs is 1. The van der Waals surface area contributed by atoms with Gasteiger partial charge in [-0.1, -0.05) is 11.3 Å². The van der Waals surface area contributed by atoms with Crippen LogP contribution in [0.2, 0.25) is 0 Å². The van der Waals surface area contributed by atoms with Crippen LogP contribution in [0.25, 0.3) is 10.2 Å². The van der Waals surface area contributed by atoms with Gasteiger partial charge in [0.2, 0.25) is 5.91 Å². The number of hydrogen-bond acceptors (Lipinski definition) is 6. The highest BCUT2D eigenvalue weighted by molar-refractivity contribution is 7.85. The van der Waals surface area contributed by atoms with Crippen molar-refractivity contribution in [3.05, 3.63) is 18.2 Å². The van der Waals surface area contributed by atoms with Crippen LogP contribution in [0.4, 0.5) is 10.8 Å². The Morgan fingerprint density at radius 3 is 2.95 bits per heavy atom. The zero-order valence-electron chi connectivity index (χ0n) is 11.4. The molecule has 8 heteroatoms. The van der Waals surface area contributed by atoms with Crippen molar-refractivity contribution >= 4 is 49.1 Å². The van der Waals surface area contributed by atoms with Gasteiger partial charge in [0, 0.05) is 41.1 Å². The molecule has 0 aliphatic carbocycles. The second-order valence-electron chi connectivity index (χ2n) is 4.92. The van der Waals surface area contributed by atoms with Crippen molar-refractivity contribution in [3.63, 3.8) is 0 Å². The fourth-order valence-electron chi connectivity index (χ4n) is 2.19. The third kappa shape index (κ3) is 3.58. The molecule has 112 valence electrons. The third-order valence-electron chi connectivity index (χ3n) is 3.30. The summed E-state index contributed by atoms with van der Waals surface area (Å²) in [5, 5.41) is 3.40. The first kappa shape index (κ1) is 14.4. The number of carbonyl (C=O) groups is 1. The minimum Gasteiger partial charge on any atom is -0.399 e. The maximum atomic E-state index is 12.0. The first-order valence-corrected chi connectivity index (χ1v) is 8.94. The monoisotopic (exact) mass is 324 g/mol. The summed E-state index contributed by atoms with van der Waals surface area (Å²) in [4.78, 5) is 18.4. The fourth-order valence-corrected chi connectivity index (χ4v) is 4.25.